The lowest BCUT2D eigenvalue weighted by Crippen LogP contribution is -2.12. The number of para-hydroxylation sites is 1. The van der Waals surface area contributed by atoms with E-state index < -0.39 is 5.91 Å². The number of amides is 1. The van der Waals surface area contributed by atoms with Crippen LogP contribution >= 0.6 is 11.6 Å². The van der Waals surface area contributed by atoms with Crippen molar-refractivity contribution in [2.45, 2.75) is 13.5 Å². The van der Waals surface area contributed by atoms with E-state index in [2.05, 4.69) is 31.3 Å². The first-order valence-corrected chi connectivity index (χ1v) is 19.2. The van der Waals surface area contributed by atoms with Gasteiger partial charge >= 0.3 is 0 Å². The fourth-order valence-corrected chi connectivity index (χ4v) is 7.38. The minimum absolute atomic E-state index is 0.0133. The van der Waals surface area contributed by atoms with Crippen LogP contribution in [0.25, 0.3) is 32.7 Å². The maximum atomic E-state index is 13.8. The lowest BCUT2D eigenvalue weighted by Gasteiger charge is -2.12. The smallest absolute Gasteiger partial charge is 0.259 e. The number of ketones is 1. The van der Waals surface area contributed by atoms with Crippen LogP contribution < -0.4 is 10.8 Å². The molecule has 1 amide bonds. The first kappa shape index (κ1) is 37.8. The molecule has 8 aromatic rings. The van der Waals surface area contributed by atoms with Crippen LogP contribution in [0, 0.1) is 6.92 Å². The number of aromatic hydroxyl groups is 2. The normalized spacial score (nSPS) is 12.1. The number of nitrogens with one attached hydrogen (secondary N) is 2. The Labute approximate surface area is 348 Å². The zero-order chi connectivity index (χ0) is 41.3. The van der Waals surface area contributed by atoms with Crippen LogP contribution in [0.2, 0.25) is 5.02 Å². The van der Waals surface area contributed by atoms with Gasteiger partial charge in [-0.2, -0.15) is 10.2 Å². The SMILES string of the molecule is Cc1cccc(NC(=O)c2cc3cccc(N=Nc4ccc5c(c4)C(=O)c4cc(N=Nc6c(O)c(CONc7ccccc7Cl)cc7ccccc67)ccc4-5)c3cc2O)c1. The highest BCUT2D eigenvalue weighted by atomic mass is 35.5. The lowest BCUT2D eigenvalue weighted by molar-refractivity contribution is 0.102. The highest BCUT2D eigenvalue weighted by Crippen LogP contribution is 2.43. The van der Waals surface area contributed by atoms with E-state index in [0.717, 1.165) is 22.1 Å². The quantitative estimate of drug-likeness (QED) is 0.0795. The molecule has 0 fully saturated rings. The van der Waals surface area contributed by atoms with Crippen molar-refractivity contribution in [1.29, 1.82) is 0 Å². The Balaban J connectivity index is 0.936. The number of phenolic OH excluding ortho intramolecular Hbond substituents is 2. The highest BCUT2D eigenvalue weighted by molar-refractivity contribution is 6.33. The van der Waals surface area contributed by atoms with E-state index in [1.165, 1.54) is 6.07 Å². The number of benzene rings is 8. The molecule has 0 aliphatic heterocycles. The monoisotopic (exact) mass is 808 g/mol. The standard InChI is InChI=1S/C48H33ClN6O5/c1-27-8-6-11-31(20-27)50-48(59)40-22-29-10-7-15-42(37(29)25-44(40)56)53-51-32-16-18-35-36-19-17-33(24-39(36)47(58)38(35)23-32)52-54-45-34-12-3-2-9-28(34)21-30(46(45)57)26-60-55-43-14-5-4-13-41(43)49/h2-25,55-57H,26H2,1H3,(H,50,59). The number of hydrogen-bond donors (Lipinski definition) is 4. The largest absolute Gasteiger partial charge is 0.507 e. The van der Waals surface area contributed by atoms with Gasteiger partial charge in [0.1, 0.15) is 23.8 Å². The van der Waals surface area contributed by atoms with Gasteiger partial charge in [-0.15, -0.1) is 10.2 Å². The van der Waals surface area contributed by atoms with Crippen LogP contribution in [0.15, 0.2) is 166 Å². The van der Waals surface area contributed by atoms with Gasteiger partial charge in [0.25, 0.3) is 5.91 Å². The molecular formula is C48H33ClN6O5. The van der Waals surface area contributed by atoms with Crippen molar-refractivity contribution in [2.75, 3.05) is 10.8 Å². The third-order valence-corrected chi connectivity index (χ3v) is 10.5. The number of carbonyl (C=O) groups is 2. The third-order valence-electron chi connectivity index (χ3n) is 10.2. The maximum absolute atomic E-state index is 13.8. The summed E-state index contributed by atoms with van der Waals surface area (Å²) in [5.41, 5.74) is 9.72. The van der Waals surface area contributed by atoms with E-state index in [-0.39, 0.29) is 35.1 Å². The molecule has 1 aliphatic carbocycles. The van der Waals surface area contributed by atoms with Gasteiger partial charge in [0.05, 0.1) is 33.3 Å². The topological polar surface area (TPSA) is 157 Å². The Morgan fingerprint density at radius 3 is 2.12 bits per heavy atom. The molecule has 0 spiro atoms. The second-order valence-corrected chi connectivity index (χ2v) is 14.6. The van der Waals surface area contributed by atoms with Crippen molar-refractivity contribution in [1.82, 2.24) is 0 Å². The molecule has 0 saturated heterocycles. The van der Waals surface area contributed by atoms with E-state index in [4.69, 9.17) is 16.4 Å². The summed E-state index contributed by atoms with van der Waals surface area (Å²) >= 11 is 6.24. The molecule has 60 heavy (non-hydrogen) atoms. The van der Waals surface area contributed by atoms with E-state index in [1.807, 2.05) is 85.8 Å². The average Bonchev–Trinajstić information content (AvgIpc) is 3.53. The molecule has 9 rings (SSSR count). The molecule has 4 N–H and O–H groups in total. The fourth-order valence-electron chi connectivity index (χ4n) is 7.21. The number of azo groups is 2. The van der Waals surface area contributed by atoms with E-state index in [9.17, 15) is 19.8 Å². The van der Waals surface area contributed by atoms with Gasteiger partial charge in [0.15, 0.2) is 5.78 Å². The van der Waals surface area contributed by atoms with Crippen LogP contribution in [0.5, 0.6) is 11.5 Å². The molecule has 0 radical (unpaired) electrons. The Kier molecular flexibility index (Phi) is 10.0. The van der Waals surface area contributed by atoms with Gasteiger partial charge < -0.3 is 15.5 Å². The molecule has 0 saturated carbocycles. The zero-order valence-electron chi connectivity index (χ0n) is 31.8. The van der Waals surface area contributed by atoms with Crippen molar-refractivity contribution >= 4 is 79.0 Å². The lowest BCUT2D eigenvalue weighted by atomic mass is 10.0. The van der Waals surface area contributed by atoms with Gasteiger partial charge in [-0.3, -0.25) is 19.9 Å². The number of hydrogen-bond acceptors (Lipinski definition) is 10. The number of fused-ring (bicyclic) bond motifs is 5. The Morgan fingerprint density at radius 2 is 1.35 bits per heavy atom. The van der Waals surface area contributed by atoms with Crippen LogP contribution in [0.1, 0.15) is 37.4 Å². The van der Waals surface area contributed by atoms with Crippen LogP contribution in [0.4, 0.5) is 34.1 Å². The summed E-state index contributed by atoms with van der Waals surface area (Å²) in [6.07, 6.45) is 0. The van der Waals surface area contributed by atoms with Crippen molar-refractivity contribution in [2.24, 2.45) is 20.5 Å². The molecule has 0 unspecified atom stereocenters. The van der Waals surface area contributed by atoms with Crippen LogP contribution in [-0.4, -0.2) is 21.9 Å². The number of aryl methyl sites for hydroxylation is 1. The molecule has 11 nitrogen and oxygen atoms in total. The summed E-state index contributed by atoms with van der Waals surface area (Å²) in [4.78, 5) is 32.5. The number of carbonyl (C=O) groups excluding carboxylic acids is 2. The second kappa shape index (κ2) is 15.9. The molecule has 0 heterocycles. The summed E-state index contributed by atoms with van der Waals surface area (Å²) in [6.45, 7) is 1.95. The third kappa shape index (κ3) is 7.42. The second-order valence-electron chi connectivity index (χ2n) is 14.2. The van der Waals surface area contributed by atoms with Gasteiger partial charge in [0, 0.05) is 33.2 Å². The number of anilines is 2. The van der Waals surface area contributed by atoms with Gasteiger partial charge in [-0.1, -0.05) is 84.4 Å². The summed E-state index contributed by atoms with van der Waals surface area (Å²) in [6, 6.07) is 43.0. The molecule has 0 bridgehead atoms. The fraction of sp³-hybridized carbons (Fsp3) is 0.0417. The average molecular weight is 809 g/mol. The first-order chi connectivity index (χ1) is 29.2. The number of phenols is 2. The minimum Gasteiger partial charge on any atom is -0.507 e. The number of halogens is 1. The van der Waals surface area contributed by atoms with Crippen molar-refractivity contribution in [3.63, 3.8) is 0 Å². The molecule has 12 heteroatoms. The van der Waals surface area contributed by atoms with E-state index >= 15 is 0 Å². The van der Waals surface area contributed by atoms with E-state index in [0.29, 0.717) is 66.3 Å². The minimum atomic E-state index is -0.436. The van der Waals surface area contributed by atoms with Gasteiger partial charge in [-0.25, -0.2) is 0 Å². The maximum Gasteiger partial charge on any atom is 0.259 e. The predicted octanol–water partition coefficient (Wildman–Crippen LogP) is 13.2. The molecule has 292 valence electrons. The molecular weight excluding hydrogens is 776 g/mol. The summed E-state index contributed by atoms with van der Waals surface area (Å²) in [7, 11) is 0. The van der Waals surface area contributed by atoms with Crippen molar-refractivity contribution in [3.05, 3.63) is 178 Å². The summed E-state index contributed by atoms with van der Waals surface area (Å²) < 4.78 is 0. The Bertz CT molecular complexity index is 3110. The molecule has 0 atom stereocenters. The molecule has 1 aliphatic rings. The molecule has 0 aromatic heterocycles. The Hall–Kier alpha value is -7.73. The summed E-state index contributed by atoms with van der Waals surface area (Å²) in [5.74, 6) is -0.911. The highest BCUT2D eigenvalue weighted by Gasteiger charge is 2.27. The van der Waals surface area contributed by atoms with Crippen LogP contribution in [0.3, 0.4) is 0 Å². The number of nitrogens with zero attached hydrogens (tertiary/aromatic N) is 4. The zero-order valence-corrected chi connectivity index (χ0v) is 32.6. The molecule has 8 aromatic carbocycles. The van der Waals surface area contributed by atoms with Crippen molar-refractivity contribution < 1.29 is 24.6 Å². The van der Waals surface area contributed by atoms with E-state index in [1.54, 1.807) is 60.7 Å². The van der Waals surface area contributed by atoms with Crippen LogP contribution in [-0.2, 0) is 11.4 Å². The number of rotatable bonds is 10. The van der Waals surface area contributed by atoms with Gasteiger partial charge in [-0.05, 0) is 107 Å². The summed E-state index contributed by atoms with van der Waals surface area (Å²) in [5, 5.41) is 46.2. The van der Waals surface area contributed by atoms with Crippen molar-refractivity contribution in [3.8, 4) is 22.6 Å². The first-order valence-electron chi connectivity index (χ1n) is 18.9. The Morgan fingerprint density at radius 1 is 0.667 bits per heavy atom. The van der Waals surface area contributed by atoms with Gasteiger partial charge in [0.2, 0.25) is 0 Å². The predicted molar refractivity (Wildman–Crippen MR) is 234 cm³/mol.